The summed E-state index contributed by atoms with van der Waals surface area (Å²) in [6, 6.07) is 2.46. The molecule has 7 heteroatoms. The Morgan fingerprint density at radius 2 is 1.26 bits per heavy atom. The Morgan fingerprint density at radius 1 is 0.743 bits per heavy atom. The highest BCUT2D eigenvalue weighted by Crippen LogP contribution is 2.28. The Morgan fingerprint density at radius 3 is 1.89 bits per heavy atom. The van der Waals surface area contributed by atoms with Crippen LogP contribution in [0.1, 0.15) is 114 Å². The molecule has 0 spiro atoms. The van der Waals surface area contributed by atoms with Gasteiger partial charge in [0.25, 0.3) is 0 Å². The minimum Gasteiger partial charge on any atom is -0.490 e. The van der Waals surface area contributed by atoms with E-state index in [1.807, 2.05) is 0 Å². The third-order valence-electron chi connectivity index (χ3n) is 5.93. The number of esters is 1. The van der Waals surface area contributed by atoms with Crippen molar-refractivity contribution in [3.8, 4) is 11.5 Å². The van der Waals surface area contributed by atoms with Crippen molar-refractivity contribution in [2.24, 2.45) is 0 Å². The fourth-order valence-electron chi connectivity index (χ4n) is 3.79. The van der Waals surface area contributed by atoms with E-state index in [2.05, 4.69) is 23.8 Å². The molecule has 0 atom stereocenters. The smallest absolute Gasteiger partial charge is 0.381 e. The second kappa shape index (κ2) is 17.0. The fraction of sp³-hybridized carbons (Fsp3) is 0.607. The molecule has 2 aromatic rings. The first-order valence-electron chi connectivity index (χ1n) is 13.2. The lowest BCUT2D eigenvalue weighted by Crippen LogP contribution is -2.14. The largest absolute Gasteiger partial charge is 0.490 e. The molecule has 1 aromatic heterocycles. The molecule has 0 fully saturated rings. The quantitative estimate of drug-likeness (QED) is 0.120. The molecule has 0 aliphatic heterocycles. The van der Waals surface area contributed by atoms with Gasteiger partial charge in [-0.15, -0.1) is 0 Å². The van der Waals surface area contributed by atoms with Crippen molar-refractivity contribution in [2.75, 3.05) is 6.61 Å². The van der Waals surface area contributed by atoms with Crippen LogP contribution in [-0.2, 0) is 6.42 Å². The maximum atomic E-state index is 14.4. The third kappa shape index (κ3) is 10.7. The average molecular weight is 491 g/mol. The van der Waals surface area contributed by atoms with Gasteiger partial charge >= 0.3 is 5.97 Å². The van der Waals surface area contributed by atoms with Gasteiger partial charge in [0.15, 0.2) is 11.5 Å². The van der Waals surface area contributed by atoms with Gasteiger partial charge in [-0.05, 0) is 37.0 Å². The first-order chi connectivity index (χ1) is 17.1. The molecular formula is C28H40F2N2O3. The van der Waals surface area contributed by atoms with Gasteiger partial charge in [-0.2, -0.15) is 8.78 Å². The van der Waals surface area contributed by atoms with Crippen molar-refractivity contribution in [1.29, 1.82) is 0 Å². The maximum Gasteiger partial charge on any atom is 0.381 e. The zero-order valence-electron chi connectivity index (χ0n) is 21.3. The summed E-state index contributed by atoms with van der Waals surface area (Å²) in [7, 11) is 0. The van der Waals surface area contributed by atoms with Gasteiger partial charge < -0.3 is 9.47 Å². The van der Waals surface area contributed by atoms with E-state index in [0.717, 1.165) is 44.1 Å². The Kier molecular flexibility index (Phi) is 13.9. The molecule has 0 amide bonds. The summed E-state index contributed by atoms with van der Waals surface area (Å²) in [5, 5.41) is 0. The number of unbranched alkanes of at least 4 members (excludes halogenated alkanes) is 11. The Balaban J connectivity index is 1.77. The lowest BCUT2D eigenvalue weighted by atomic mass is 10.1. The van der Waals surface area contributed by atoms with Crippen LogP contribution in [0.2, 0.25) is 0 Å². The van der Waals surface area contributed by atoms with E-state index in [1.165, 1.54) is 63.5 Å². The first kappa shape index (κ1) is 28.7. The van der Waals surface area contributed by atoms with E-state index in [0.29, 0.717) is 6.61 Å². The van der Waals surface area contributed by atoms with Crippen LogP contribution in [0.15, 0.2) is 24.5 Å². The van der Waals surface area contributed by atoms with Crippen molar-refractivity contribution in [1.82, 2.24) is 9.97 Å². The van der Waals surface area contributed by atoms with Gasteiger partial charge in [0.1, 0.15) is 0 Å². The molecule has 5 nitrogen and oxygen atoms in total. The number of nitrogens with zero attached hydrogens (tertiary/aromatic N) is 2. The molecule has 2 rings (SSSR count). The highest BCUT2D eigenvalue weighted by molar-refractivity contribution is 5.87. The number of ether oxygens (including phenoxy) is 2. The van der Waals surface area contributed by atoms with Gasteiger partial charge in [0.05, 0.1) is 6.61 Å². The number of hydrogen-bond acceptors (Lipinski definition) is 5. The number of rotatable bonds is 18. The number of hydrogen-bond donors (Lipinski definition) is 0. The van der Waals surface area contributed by atoms with E-state index < -0.39 is 23.4 Å². The lowest BCUT2D eigenvalue weighted by Gasteiger charge is -2.10. The zero-order chi connectivity index (χ0) is 25.3. The van der Waals surface area contributed by atoms with Crippen LogP contribution in [-0.4, -0.2) is 22.5 Å². The van der Waals surface area contributed by atoms with Gasteiger partial charge in [0.2, 0.25) is 17.5 Å². The summed E-state index contributed by atoms with van der Waals surface area (Å²) in [4.78, 5) is 20.3. The third-order valence-corrected chi connectivity index (χ3v) is 5.93. The van der Waals surface area contributed by atoms with Crippen LogP contribution in [0.5, 0.6) is 11.5 Å². The second-order valence-electron chi connectivity index (χ2n) is 8.98. The van der Waals surface area contributed by atoms with Crippen molar-refractivity contribution < 1.29 is 23.0 Å². The molecule has 0 saturated heterocycles. The van der Waals surface area contributed by atoms with Crippen LogP contribution in [0.3, 0.4) is 0 Å². The molecule has 35 heavy (non-hydrogen) atoms. The van der Waals surface area contributed by atoms with Crippen molar-refractivity contribution in [3.63, 3.8) is 0 Å². The summed E-state index contributed by atoms with van der Waals surface area (Å²) in [5.41, 5.74) is 0.924. The summed E-state index contributed by atoms with van der Waals surface area (Å²) >= 11 is 0. The molecule has 0 N–H and O–H groups in total. The van der Waals surface area contributed by atoms with Crippen LogP contribution >= 0.6 is 0 Å². The summed E-state index contributed by atoms with van der Waals surface area (Å²) in [5.74, 6) is -4.29. The molecule has 0 aliphatic rings. The van der Waals surface area contributed by atoms with Crippen LogP contribution in [0, 0.1) is 11.6 Å². The van der Waals surface area contributed by atoms with Gasteiger partial charge in [-0.25, -0.2) is 14.8 Å². The van der Waals surface area contributed by atoms with E-state index in [1.54, 1.807) is 12.4 Å². The summed E-state index contributed by atoms with van der Waals surface area (Å²) in [6.45, 7) is 4.68. The molecule has 0 unspecified atom stereocenters. The normalized spacial score (nSPS) is 11.0. The first-order valence-corrected chi connectivity index (χ1v) is 13.2. The lowest BCUT2D eigenvalue weighted by molar-refractivity contribution is 0.0713. The van der Waals surface area contributed by atoms with E-state index in [4.69, 9.17) is 9.47 Å². The van der Waals surface area contributed by atoms with Crippen molar-refractivity contribution in [2.45, 2.75) is 104 Å². The summed E-state index contributed by atoms with van der Waals surface area (Å²) < 4.78 is 39.2. The maximum absolute atomic E-state index is 14.4. The highest BCUT2D eigenvalue weighted by Gasteiger charge is 2.20. The monoisotopic (exact) mass is 490 g/mol. The summed E-state index contributed by atoms with van der Waals surface area (Å²) in [6.07, 6.45) is 18.9. The van der Waals surface area contributed by atoms with Gasteiger partial charge in [-0.1, -0.05) is 84.5 Å². The Labute approximate surface area is 208 Å². The average Bonchev–Trinajstić information content (AvgIpc) is 2.87. The van der Waals surface area contributed by atoms with E-state index in [9.17, 15) is 13.6 Å². The number of halogens is 2. The van der Waals surface area contributed by atoms with Crippen LogP contribution in [0.25, 0.3) is 0 Å². The topological polar surface area (TPSA) is 61.3 Å². The van der Waals surface area contributed by atoms with Crippen molar-refractivity contribution in [3.05, 3.63) is 47.5 Å². The van der Waals surface area contributed by atoms with E-state index in [-0.39, 0.29) is 11.6 Å². The number of aryl methyl sites for hydroxylation is 1. The predicted octanol–water partition coefficient (Wildman–Crippen LogP) is 8.01. The Bertz CT molecular complexity index is 875. The molecule has 1 heterocycles. The zero-order valence-corrected chi connectivity index (χ0v) is 21.3. The molecule has 0 radical (unpaired) electrons. The van der Waals surface area contributed by atoms with Crippen LogP contribution < -0.4 is 9.47 Å². The fourth-order valence-corrected chi connectivity index (χ4v) is 3.79. The standard InChI is InChI=1S/C28H40F2N2O3/c1-3-5-7-9-10-11-13-15-19-34-23-17-18-24(26(30)25(23)29)35-28(33)27-31-20-22(21-32-27)16-14-12-8-6-4-2/h17-18,20-21H,3-16,19H2,1-2H3. The van der Waals surface area contributed by atoms with Gasteiger partial charge in [-0.3, -0.25) is 0 Å². The number of carbonyl (C=O) groups is 1. The minimum atomic E-state index is -1.27. The second-order valence-corrected chi connectivity index (χ2v) is 8.98. The molecular weight excluding hydrogens is 450 g/mol. The van der Waals surface area contributed by atoms with Crippen molar-refractivity contribution >= 4 is 5.97 Å². The number of carbonyl (C=O) groups excluding carboxylic acids is 1. The number of aromatic nitrogens is 2. The van der Waals surface area contributed by atoms with Crippen LogP contribution in [0.4, 0.5) is 8.78 Å². The predicted molar refractivity (Wildman–Crippen MR) is 134 cm³/mol. The molecule has 1 aromatic carbocycles. The highest BCUT2D eigenvalue weighted by atomic mass is 19.2. The minimum absolute atomic E-state index is 0.190. The Hall–Kier alpha value is -2.57. The number of benzene rings is 1. The van der Waals surface area contributed by atoms with Gasteiger partial charge in [0, 0.05) is 12.4 Å². The molecule has 0 bridgehead atoms. The SMILES string of the molecule is CCCCCCCCCCOc1ccc(OC(=O)c2ncc(CCCCCCC)cn2)c(F)c1F. The molecule has 0 saturated carbocycles. The molecule has 0 aliphatic carbocycles. The molecule has 194 valence electrons. The van der Waals surface area contributed by atoms with E-state index >= 15 is 0 Å².